The summed E-state index contributed by atoms with van der Waals surface area (Å²) in [5.41, 5.74) is 0.510. The molecular formula is C8H10O3. The van der Waals surface area contributed by atoms with Gasteiger partial charge < -0.3 is 9.84 Å². The Labute approximate surface area is 64.7 Å². The van der Waals surface area contributed by atoms with E-state index in [9.17, 15) is 4.79 Å². The van der Waals surface area contributed by atoms with Crippen molar-refractivity contribution in [2.24, 2.45) is 5.92 Å². The molecule has 1 N–H and O–H groups in total. The number of fused-ring (bicyclic) bond motifs is 1. The molecular weight excluding hydrogens is 144 g/mol. The van der Waals surface area contributed by atoms with Crippen molar-refractivity contribution in [1.82, 2.24) is 0 Å². The second-order valence-corrected chi connectivity index (χ2v) is 3.20. The van der Waals surface area contributed by atoms with Crippen LogP contribution in [0.15, 0.2) is 11.6 Å². The predicted molar refractivity (Wildman–Crippen MR) is 38.2 cm³/mol. The van der Waals surface area contributed by atoms with Crippen LogP contribution in [0.3, 0.4) is 0 Å². The van der Waals surface area contributed by atoms with Gasteiger partial charge >= 0.3 is 5.97 Å². The van der Waals surface area contributed by atoms with E-state index in [1.54, 1.807) is 6.08 Å². The minimum Gasteiger partial charge on any atom is -0.478 e. The van der Waals surface area contributed by atoms with Crippen LogP contribution in [0.5, 0.6) is 0 Å². The summed E-state index contributed by atoms with van der Waals surface area (Å²) in [4.78, 5) is 10.5. The fourth-order valence-corrected chi connectivity index (χ4v) is 1.64. The zero-order chi connectivity index (χ0) is 8.01. The van der Waals surface area contributed by atoms with Gasteiger partial charge in [-0.25, -0.2) is 4.79 Å². The van der Waals surface area contributed by atoms with Crippen LogP contribution in [-0.4, -0.2) is 23.3 Å². The molecule has 2 aliphatic rings. The maximum atomic E-state index is 10.5. The molecule has 0 saturated carbocycles. The molecule has 1 saturated heterocycles. The van der Waals surface area contributed by atoms with Crippen molar-refractivity contribution in [1.29, 1.82) is 0 Å². The fourth-order valence-electron chi connectivity index (χ4n) is 1.64. The summed E-state index contributed by atoms with van der Waals surface area (Å²) in [5, 5.41) is 8.67. The van der Waals surface area contributed by atoms with E-state index in [-0.39, 0.29) is 12.0 Å². The molecule has 3 heteroatoms. The largest absolute Gasteiger partial charge is 0.478 e. The standard InChI is InChI=1S/C8H10O3/c1-4-2-5(8(9)10)3-6-7(4)11-6/h2,4,6-7H,3H2,1H3,(H,9,10)/t4-,6+,7-/m0/s1. The minimum atomic E-state index is -0.800. The highest BCUT2D eigenvalue weighted by Crippen LogP contribution is 2.39. The normalized spacial score (nSPS) is 40.8. The summed E-state index contributed by atoms with van der Waals surface area (Å²) in [6.45, 7) is 1.99. The van der Waals surface area contributed by atoms with Crippen LogP contribution in [0.2, 0.25) is 0 Å². The number of carboxylic acids is 1. The third kappa shape index (κ3) is 1.05. The number of aliphatic carboxylic acids is 1. The van der Waals surface area contributed by atoms with Crippen LogP contribution in [0, 0.1) is 5.92 Å². The molecule has 1 aliphatic carbocycles. The number of carbonyl (C=O) groups is 1. The van der Waals surface area contributed by atoms with Gasteiger partial charge in [0.25, 0.3) is 0 Å². The maximum Gasteiger partial charge on any atom is 0.331 e. The highest BCUT2D eigenvalue weighted by atomic mass is 16.6. The Bertz CT molecular complexity index is 231. The van der Waals surface area contributed by atoms with Crippen molar-refractivity contribution in [2.45, 2.75) is 25.6 Å². The lowest BCUT2D eigenvalue weighted by Crippen LogP contribution is -2.15. The minimum absolute atomic E-state index is 0.195. The van der Waals surface area contributed by atoms with Gasteiger partial charge in [0.1, 0.15) is 0 Å². The average molecular weight is 154 g/mol. The van der Waals surface area contributed by atoms with Gasteiger partial charge in [-0.3, -0.25) is 0 Å². The Kier molecular flexibility index (Phi) is 1.29. The van der Waals surface area contributed by atoms with Crippen LogP contribution >= 0.6 is 0 Å². The highest BCUT2D eigenvalue weighted by Gasteiger charge is 2.46. The van der Waals surface area contributed by atoms with Gasteiger partial charge in [-0.05, 0) is 0 Å². The van der Waals surface area contributed by atoms with Crippen molar-refractivity contribution in [3.05, 3.63) is 11.6 Å². The van der Waals surface area contributed by atoms with Gasteiger partial charge in [0.05, 0.1) is 12.2 Å². The zero-order valence-electron chi connectivity index (χ0n) is 6.28. The van der Waals surface area contributed by atoms with Crippen LogP contribution in [-0.2, 0) is 9.53 Å². The lowest BCUT2D eigenvalue weighted by atomic mass is 9.92. The van der Waals surface area contributed by atoms with Crippen molar-refractivity contribution in [3.8, 4) is 0 Å². The molecule has 3 atom stereocenters. The number of ether oxygens (including phenoxy) is 1. The molecule has 0 radical (unpaired) electrons. The van der Waals surface area contributed by atoms with E-state index in [4.69, 9.17) is 9.84 Å². The van der Waals surface area contributed by atoms with Gasteiger partial charge in [0.2, 0.25) is 0 Å². The third-order valence-corrected chi connectivity index (χ3v) is 2.30. The molecule has 3 nitrogen and oxygen atoms in total. The zero-order valence-corrected chi connectivity index (χ0v) is 6.28. The summed E-state index contributed by atoms with van der Waals surface area (Å²) in [6.07, 6.45) is 2.89. The van der Waals surface area contributed by atoms with E-state index in [1.807, 2.05) is 6.92 Å². The van der Waals surface area contributed by atoms with E-state index in [2.05, 4.69) is 0 Å². The molecule has 0 aromatic heterocycles. The Morgan fingerprint density at radius 3 is 3.09 bits per heavy atom. The number of carboxylic acid groups (broad SMARTS) is 1. The molecule has 1 aliphatic heterocycles. The summed E-state index contributed by atoms with van der Waals surface area (Å²) in [5.74, 6) is -0.523. The van der Waals surface area contributed by atoms with E-state index >= 15 is 0 Å². The first-order chi connectivity index (χ1) is 5.18. The van der Waals surface area contributed by atoms with Gasteiger partial charge in [-0.2, -0.15) is 0 Å². The Morgan fingerprint density at radius 2 is 2.55 bits per heavy atom. The summed E-state index contributed by atoms with van der Waals surface area (Å²) in [6, 6.07) is 0. The number of epoxide rings is 1. The Balaban J connectivity index is 2.17. The second-order valence-electron chi connectivity index (χ2n) is 3.20. The van der Waals surface area contributed by atoms with Crippen LogP contribution in [0.4, 0.5) is 0 Å². The molecule has 0 spiro atoms. The number of hydrogen-bond acceptors (Lipinski definition) is 2. The molecule has 0 bridgehead atoms. The van der Waals surface area contributed by atoms with Gasteiger partial charge in [-0.15, -0.1) is 0 Å². The first-order valence-electron chi connectivity index (χ1n) is 3.78. The molecule has 1 heterocycles. The SMILES string of the molecule is C[C@H]1C=C(C(=O)O)C[C@H]2O[C@@H]12. The topological polar surface area (TPSA) is 49.8 Å². The lowest BCUT2D eigenvalue weighted by molar-refractivity contribution is -0.132. The molecule has 0 amide bonds. The molecule has 60 valence electrons. The maximum absolute atomic E-state index is 10.5. The smallest absolute Gasteiger partial charge is 0.331 e. The summed E-state index contributed by atoms with van der Waals surface area (Å²) >= 11 is 0. The van der Waals surface area contributed by atoms with Gasteiger partial charge in [-0.1, -0.05) is 13.0 Å². The molecule has 0 aromatic carbocycles. The molecule has 2 rings (SSSR count). The van der Waals surface area contributed by atoms with E-state index in [1.165, 1.54) is 0 Å². The van der Waals surface area contributed by atoms with Crippen molar-refractivity contribution >= 4 is 5.97 Å². The van der Waals surface area contributed by atoms with E-state index < -0.39 is 5.97 Å². The third-order valence-electron chi connectivity index (χ3n) is 2.30. The Morgan fingerprint density at radius 1 is 1.82 bits per heavy atom. The van der Waals surface area contributed by atoms with Gasteiger partial charge in [0, 0.05) is 17.9 Å². The average Bonchev–Trinajstić information content (AvgIpc) is 2.66. The predicted octanol–water partition coefficient (Wildman–Crippen LogP) is 0.805. The van der Waals surface area contributed by atoms with E-state index in [0.717, 1.165) is 0 Å². The number of rotatable bonds is 1. The molecule has 0 aromatic rings. The number of hydrogen-bond donors (Lipinski definition) is 1. The lowest BCUT2D eigenvalue weighted by Gasteiger charge is -2.09. The monoisotopic (exact) mass is 154 g/mol. The first-order valence-corrected chi connectivity index (χ1v) is 3.78. The first kappa shape index (κ1) is 6.85. The van der Waals surface area contributed by atoms with Crippen molar-refractivity contribution in [3.63, 3.8) is 0 Å². The molecule has 0 unspecified atom stereocenters. The Hall–Kier alpha value is -0.830. The summed E-state index contributed by atoms with van der Waals surface area (Å²) in [7, 11) is 0. The van der Waals surface area contributed by atoms with Crippen molar-refractivity contribution < 1.29 is 14.6 Å². The molecule has 1 fully saturated rings. The highest BCUT2D eigenvalue weighted by molar-refractivity contribution is 5.87. The van der Waals surface area contributed by atoms with Crippen molar-refractivity contribution in [2.75, 3.05) is 0 Å². The van der Waals surface area contributed by atoms with Crippen LogP contribution < -0.4 is 0 Å². The van der Waals surface area contributed by atoms with Gasteiger partial charge in [0.15, 0.2) is 0 Å². The van der Waals surface area contributed by atoms with Crippen LogP contribution in [0.1, 0.15) is 13.3 Å². The second kappa shape index (κ2) is 2.08. The summed E-state index contributed by atoms with van der Waals surface area (Å²) < 4.78 is 5.26. The fraction of sp³-hybridized carbons (Fsp3) is 0.625. The molecule has 11 heavy (non-hydrogen) atoms. The van der Waals surface area contributed by atoms with Crippen LogP contribution in [0.25, 0.3) is 0 Å². The quantitative estimate of drug-likeness (QED) is 0.568. The van der Waals surface area contributed by atoms with E-state index in [0.29, 0.717) is 18.1 Å².